The van der Waals surface area contributed by atoms with Gasteiger partial charge >= 0.3 is 6.18 Å². The molecular formula is C10H6BrF3. The Bertz CT molecular complexity index is 369. The molecule has 4 heteroatoms. The van der Waals surface area contributed by atoms with E-state index in [9.17, 15) is 13.2 Å². The molecule has 1 aromatic rings. The second-order valence-corrected chi connectivity index (χ2v) is 3.47. The lowest BCUT2D eigenvalue weighted by molar-refractivity contribution is -0.0687. The van der Waals surface area contributed by atoms with Crippen molar-refractivity contribution in [2.45, 2.75) is 6.18 Å². The molecule has 0 aliphatic carbocycles. The van der Waals surface area contributed by atoms with Crippen molar-refractivity contribution >= 4 is 21.5 Å². The second-order valence-electron chi connectivity index (χ2n) is 2.56. The molecule has 0 unspecified atom stereocenters. The van der Waals surface area contributed by atoms with Crippen molar-refractivity contribution < 1.29 is 13.2 Å². The van der Waals surface area contributed by atoms with Crippen molar-refractivity contribution in [2.24, 2.45) is 0 Å². The summed E-state index contributed by atoms with van der Waals surface area (Å²) in [5.41, 5.74) is 1.13. The largest absolute Gasteiger partial charge is 0.424 e. The standard InChI is InChI=1S/C10H6BrF3/c1-2-9(10(12,13)14)7-3-5-8(11)6-4-7/h3-6H,1H2. The third kappa shape index (κ3) is 2.50. The molecule has 0 atom stereocenters. The van der Waals surface area contributed by atoms with Crippen LogP contribution in [0.1, 0.15) is 5.56 Å². The summed E-state index contributed by atoms with van der Waals surface area (Å²) in [5, 5.41) is 0. The Morgan fingerprint density at radius 2 is 1.71 bits per heavy atom. The number of halogens is 4. The fourth-order valence-corrected chi connectivity index (χ4v) is 1.25. The zero-order valence-electron chi connectivity index (χ0n) is 7.03. The Morgan fingerprint density at radius 3 is 2.07 bits per heavy atom. The van der Waals surface area contributed by atoms with Crippen LogP contribution in [-0.2, 0) is 0 Å². The number of hydrogen-bond acceptors (Lipinski definition) is 0. The lowest BCUT2D eigenvalue weighted by Gasteiger charge is -2.08. The predicted molar refractivity (Wildman–Crippen MR) is 52.7 cm³/mol. The first kappa shape index (κ1) is 11.1. The van der Waals surface area contributed by atoms with E-state index in [0.29, 0.717) is 0 Å². The second kappa shape index (κ2) is 4.03. The summed E-state index contributed by atoms with van der Waals surface area (Å²) >= 11 is 3.14. The smallest absolute Gasteiger partial charge is 0.165 e. The van der Waals surface area contributed by atoms with Crippen LogP contribution in [0.4, 0.5) is 13.2 Å². The molecule has 0 aromatic heterocycles. The molecule has 0 fully saturated rings. The summed E-state index contributed by atoms with van der Waals surface area (Å²) in [7, 11) is 0. The van der Waals surface area contributed by atoms with Crippen LogP contribution in [0.2, 0.25) is 0 Å². The highest BCUT2D eigenvalue weighted by Gasteiger charge is 2.34. The molecule has 0 aliphatic rings. The van der Waals surface area contributed by atoms with Crippen molar-refractivity contribution in [3.05, 3.63) is 46.6 Å². The molecule has 74 valence electrons. The van der Waals surface area contributed by atoms with Crippen molar-refractivity contribution in [1.82, 2.24) is 0 Å². The molecule has 0 saturated heterocycles. The predicted octanol–water partition coefficient (Wildman–Crippen LogP) is 4.18. The number of rotatable bonds is 1. The van der Waals surface area contributed by atoms with Gasteiger partial charge in [0.25, 0.3) is 0 Å². The minimum atomic E-state index is -4.41. The molecule has 0 bridgehead atoms. The van der Waals surface area contributed by atoms with Gasteiger partial charge in [-0.2, -0.15) is 13.2 Å². The maximum atomic E-state index is 12.4. The molecule has 0 spiro atoms. The van der Waals surface area contributed by atoms with Gasteiger partial charge in [-0.3, -0.25) is 0 Å². The molecule has 1 aromatic carbocycles. The SMILES string of the molecule is C=C=C(c1ccc(Br)cc1)C(F)(F)F. The highest BCUT2D eigenvalue weighted by Crippen LogP contribution is 2.33. The molecule has 0 radical (unpaired) electrons. The summed E-state index contributed by atoms with van der Waals surface area (Å²) in [4.78, 5) is 0. The van der Waals surface area contributed by atoms with Crippen LogP contribution < -0.4 is 0 Å². The van der Waals surface area contributed by atoms with Gasteiger partial charge in [-0.15, -0.1) is 5.73 Å². The molecule has 0 heterocycles. The lowest BCUT2D eigenvalue weighted by atomic mass is 10.1. The van der Waals surface area contributed by atoms with E-state index in [1.165, 1.54) is 12.1 Å². The molecule has 0 nitrogen and oxygen atoms in total. The molecule has 0 saturated carbocycles. The third-order valence-corrected chi connectivity index (χ3v) is 2.12. The van der Waals surface area contributed by atoms with Gasteiger partial charge in [-0.05, 0) is 17.7 Å². The fraction of sp³-hybridized carbons (Fsp3) is 0.100. The Morgan fingerprint density at radius 1 is 1.21 bits per heavy atom. The van der Waals surface area contributed by atoms with Gasteiger partial charge in [-0.25, -0.2) is 0 Å². The van der Waals surface area contributed by atoms with Gasteiger partial charge in [0, 0.05) is 4.47 Å². The first-order valence-corrected chi connectivity index (χ1v) is 4.47. The molecule has 0 N–H and O–H groups in total. The summed E-state index contributed by atoms with van der Waals surface area (Å²) in [6.45, 7) is 3.03. The Balaban J connectivity index is 3.16. The number of benzene rings is 1. The third-order valence-electron chi connectivity index (χ3n) is 1.59. The molecular weight excluding hydrogens is 257 g/mol. The van der Waals surface area contributed by atoms with Gasteiger partial charge in [0.1, 0.15) is 5.57 Å². The lowest BCUT2D eigenvalue weighted by Crippen LogP contribution is -2.09. The van der Waals surface area contributed by atoms with Crippen LogP contribution in [0.15, 0.2) is 41.0 Å². The highest BCUT2D eigenvalue weighted by molar-refractivity contribution is 9.10. The molecule has 14 heavy (non-hydrogen) atoms. The van der Waals surface area contributed by atoms with E-state index in [0.717, 1.165) is 4.47 Å². The van der Waals surface area contributed by atoms with Crippen molar-refractivity contribution in [1.29, 1.82) is 0 Å². The quantitative estimate of drug-likeness (QED) is 0.667. The van der Waals surface area contributed by atoms with E-state index in [4.69, 9.17) is 0 Å². The summed E-state index contributed by atoms with van der Waals surface area (Å²) in [5.74, 6) is 0. The van der Waals surface area contributed by atoms with Crippen LogP contribution in [-0.4, -0.2) is 6.18 Å². The van der Waals surface area contributed by atoms with Crippen molar-refractivity contribution in [2.75, 3.05) is 0 Å². The first-order valence-electron chi connectivity index (χ1n) is 3.68. The maximum absolute atomic E-state index is 12.4. The van der Waals surface area contributed by atoms with E-state index in [2.05, 4.69) is 22.5 Å². The number of hydrogen-bond donors (Lipinski definition) is 0. The van der Waals surface area contributed by atoms with Gasteiger partial charge in [0.05, 0.1) is 0 Å². The van der Waals surface area contributed by atoms with Gasteiger partial charge in [0.2, 0.25) is 0 Å². The normalized spacial score (nSPS) is 10.9. The fourth-order valence-electron chi connectivity index (χ4n) is 0.983. The van der Waals surface area contributed by atoms with Gasteiger partial charge < -0.3 is 0 Å². The van der Waals surface area contributed by atoms with E-state index in [1.807, 2.05) is 5.73 Å². The summed E-state index contributed by atoms with van der Waals surface area (Å²) in [6.07, 6.45) is -4.41. The Kier molecular flexibility index (Phi) is 3.19. The first-order chi connectivity index (χ1) is 6.45. The van der Waals surface area contributed by atoms with Crippen LogP contribution in [0, 0.1) is 0 Å². The zero-order valence-corrected chi connectivity index (χ0v) is 8.61. The molecule has 1 rings (SSSR count). The monoisotopic (exact) mass is 262 g/mol. The van der Waals surface area contributed by atoms with Gasteiger partial charge in [0.15, 0.2) is 0 Å². The molecule has 0 amide bonds. The van der Waals surface area contributed by atoms with Crippen LogP contribution >= 0.6 is 15.9 Å². The van der Waals surface area contributed by atoms with Gasteiger partial charge in [-0.1, -0.05) is 34.6 Å². The molecule has 0 aliphatic heterocycles. The van der Waals surface area contributed by atoms with E-state index in [-0.39, 0.29) is 5.56 Å². The van der Waals surface area contributed by atoms with Crippen LogP contribution in [0.3, 0.4) is 0 Å². The van der Waals surface area contributed by atoms with Crippen LogP contribution in [0.5, 0.6) is 0 Å². The summed E-state index contributed by atoms with van der Waals surface area (Å²) in [6, 6.07) is 5.81. The van der Waals surface area contributed by atoms with Crippen molar-refractivity contribution in [3.8, 4) is 0 Å². The van der Waals surface area contributed by atoms with E-state index < -0.39 is 11.7 Å². The minimum absolute atomic E-state index is 0.0655. The average molecular weight is 263 g/mol. The number of alkyl halides is 3. The van der Waals surface area contributed by atoms with Crippen molar-refractivity contribution in [3.63, 3.8) is 0 Å². The zero-order chi connectivity index (χ0) is 10.8. The van der Waals surface area contributed by atoms with Crippen LogP contribution in [0.25, 0.3) is 5.57 Å². The number of allylic oxidation sites excluding steroid dienone is 1. The Labute approximate surface area is 87.9 Å². The highest BCUT2D eigenvalue weighted by atomic mass is 79.9. The van der Waals surface area contributed by atoms with E-state index in [1.54, 1.807) is 12.1 Å². The summed E-state index contributed by atoms with van der Waals surface area (Å²) < 4.78 is 37.8. The minimum Gasteiger partial charge on any atom is -0.165 e. The Hall–Kier alpha value is -0.990. The topological polar surface area (TPSA) is 0 Å². The average Bonchev–Trinajstić information content (AvgIpc) is 2.07. The maximum Gasteiger partial charge on any atom is 0.424 e. The van der Waals surface area contributed by atoms with E-state index >= 15 is 0 Å².